The Kier molecular flexibility index (Phi) is 5.34. The highest BCUT2D eigenvalue weighted by atomic mass is 16.3. The summed E-state index contributed by atoms with van der Waals surface area (Å²) >= 11 is 0. The van der Waals surface area contributed by atoms with Crippen LogP contribution in [-0.2, 0) is 13.6 Å². The van der Waals surface area contributed by atoms with Gasteiger partial charge in [0.1, 0.15) is 11.5 Å². The van der Waals surface area contributed by atoms with Crippen molar-refractivity contribution in [3.05, 3.63) is 20.8 Å². The Hall–Kier alpha value is -1.80. The molecule has 1 heterocycles. The molecule has 0 saturated carbocycles. The van der Waals surface area contributed by atoms with E-state index in [1.165, 1.54) is 11.6 Å². The highest BCUT2D eigenvalue weighted by Crippen LogP contribution is 2.12. The number of aromatic nitrogens is 2. The van der Waals surface area contributed by atoms with Gasteiger partial charge in [-0.05, 0) is 5.92 Å². The van der Waals surface area contributed by atoms with Gasteiger partial charge in [0.05, 0.1) is 12.7 Å². The number of rotatable bonds is 6. The molecule has 1 atom stereocenters. The van der Waals surface area contributed by atoms with Crippen LogP contribution < -0.4 is 22.3 Å². The van der Waals surface area contributed by atoms with Gasteiger partial charge in [-0.25, -0.2) is 4.79 Å². The van der Waals surface area contributed by atoms with Crippen LogP contribution in [-0.4, -0.2) is 38.6 Å². The summed E-state index contributed by atoms with van der Waals surface area (Å²) in [5.74, 6) is 0.223. The molecule has 5 N–H and O–H groups in total. The number of hydrogen-bond donors (Lipinski definition) is 4. The van der Waals surface area contributed by atoms with E-state index in [9.17, 15) is 14.7 Å². The fourth-order valence-corrected chi connectivity index (χ4v) is 1.78. The van der Waals surface area contributed by atoms with Crippen molar-refractivity contribution in [2.75, 3.05) is 24.2 Å². The van der Waals surface area contributed by atoms with Crippen LogP contribution in [0.4, 0.5) is 11.5 Å². The molecule has 0 radical (unpaired) electrons. The van der Waals surface area contributed by atoms with E-state index in [1.54, 1.807) is 0 Å². The van der Waals surface area contributed by atoms with Crippen LogP contribution in [0.5, 0.6) is 0 Å². The van der Waals surface area contributed by atoms with Crippen molar-refractivity contribution in [2.24, 2.45) is 13.0 Å². The second kappa shape index (κ2) is 6.58. The molecule has 8 heteroatoms. The Morgan fingerprint density at radius 1 is 1.35 bits per heavy atom. The van der Waals surface area contributed by atoms with Crippen LogP contribution in [0.2, 0.25) is 0 Å². The van der Waals surface area contributed by atoms with Crippen molar-refractivity contribution >= 4 is 11.5 Å². The molecule has 1 unspecified atom stereocenters. The highest BCUT2D eigenvalue weighted by Gasteiger charge is 2.16. The maximum absolute atomic E-state index is 12.0. The summed E-state index contributed by atoms with van der Waals surface area (Å²) in [5.41, 5.74) is 4.89. The smallest absolute Gasteiger partial charge is 0.332 e. The van der Waals surface area contributed by atoms with E-state index >= 15 is 0 Å². The van der Waals surface area contributed by atoms with E-state index in [0.29, 0.717) is 6.54 Å². The van der Waals surface area contributed by atoms with E-state index in [4.69, 9.17) is 10.8 Å². The Balaban J connectivity index is 3.27. The van der Waals surface area contributed by atoms with Gasteiger partial charge in [-0.2, -0.15) is 0 Å². The number of hydrogen-bond acceptors (Lipinski definition) is 6. The van der Waals surface area contributed by atoms with Gasteiger partial charge in [0.15, 0.2) is 0 Å². The largest absolute Gasteiger partial charge is 0.394 e. The monoisotopic (exact) mass is 286 g/mol. The lowest BCUT2D eigenvalue weighted by molar-refractivity contribution is 0.105. The van der Waals surface area contributed by atoms with Crippen molar-refractivity contribution < 1.29 is 10.2 Å². The van der Waals surface area contributed by atoms with Crippen LogP contribution in [0.3, 0.4) is 0 Å². The van der Waals surface area contributed by atoms with Crippen molar-refractivity contribution in [2.45, 2.75) is 26.5 Å². The van der Waals surface area contributed by atoms with Gasteiger partial charge in [-0.3, -0.25) is 13.9 Å². The number of nitrogens with zero attached hydrogens (tertiary/aromatic N) is 2. The molecule has 1 rings (SSSR count). The van der Waals surface area contributed by atoms with Gasteiger partial charge >= 0.3 is 5.69 Å². The molecule has 0 aliphatic carbocycles. The van der Waals surface area contributed by atoms with E-state index < -0.39 is 24.0 Å². The Morgan fingerprint density at radius 2 is 1.95 bits per heavy atom. The molecule has 0 aromatic carbocycles. The van der Waals surface area contributed by atoms with Crippen LogP contribution in [0.15, 0.2) is 9.59 Å². The van der Waals surface area contributed by atoms with Crippen molar-refractivity contribution in [3.8, 4) is 0 Å². The average Bonchev–Trinajstić information content (AvgIpc) is 2.40. The predicted octanol–water partition coefficient (Wildman–Crippen LogP) is -1.45. The summed E-state index contributed by atoms with van der Waals surface area (Å²) in [5, 5.41) is 20.8. The summed E-state index contributed by atoms with van der Waals surface area (Å²) in [6, 6.07) is 0. The highest BCUT2D eigenvalue weighted by molar-refractivity contribution is 5.60. The lowest BCUT2D eigenvalue weighted by Gasteiger charge is -2.18. The first-order valence-electron chi connectivity index (χ1n) is 6.41. The summed E-state index contributed by atoms with van der Waals surface area (Å²) in [6.45, 7) is 3.78. The number of nitrogens with two attached hydrogens (primary N) is 1. The number of aliphatic hydroxyl groups excluding tert-OH is 2. The summed E-state index contributed by atoms with van der Waals surface area (Å²) in [7, 11) is 1.37. The van der Waals surface area contributed by atoms with Gasteiger partial charge < -0.3 is 21.3 Å². The summed E-state index contributed by atoms with van der Waals surface area (Å²) in [6.07, 6.45) is -1.01. The van der Waals surface area contributed by atoms with Crippen LogP contribution in [0, 0.1) is 5.92 Å². The third kappa shape index (κ3) is 3.40. The quantitative estimate of drug-likeness (QED) is 0.507. The molecule has 0 fully saturated rings. The number of aliphatic hydroxyl groups is 2. The third-order valence-corrected chi connectivity index (χ3v) is 2.86. The van der Waals surface area contributed by atoms with Crippen molar-refractivity contribution in [1.29, 1.82) is 0 Å². The topological polar surface area (TPSA) is 123 Å². The number of nitrogens with one attached hydrogen (secondary N) is 1. The molecule has 0 amide bonds. The van der Waals surface area contributed by atoms with E-state index in [2.05, 4.69) is 5.32 Å². The van der Waals surface area contributed by atoms with Gasteiger partial charge in [0, 0.05) is 20.1 Å². The lowest BCUT2D eigenvalue weighted by Crippen LogP contribution is -2.42. The molecule has 114 valence electrons. The zero-order valence-electron chi connectivity index (χ0n) is 12.0. The van der Waals surface area contributed by atoms with Gasteiger partial charge in [0.2, 0.25) is 0 Å². The lowest BCUT2D eigenvalue weighted by atomic mass is 10.2. The minimum absolute atomic E-state index is 0.0319. The maximum atomic E-state index is 12.0. The van der Waals surface area contributed by atoms with Gasteiger partial charge in [0.25, 0.3) is 5.56 Å². The maximum Gasteiger partial charge on any atom is 0.332 e. The molecular weight excluding hydrogens is 264 g/mol. The summed E-state index contributed by atoms with van der Waals surface area (Å²) < 4.78 is 2.28. The van der Waals surface area contributed by atoms with Crippen molar-refractivity contribution in [3.63, 3.8) is 0 Å². The molecule has 0 aliphatic rings. The fraction of sp³-hybridized carbons (Fsp3) is 0.667. The molecule has 0 bridgehead atoms. The van der Waals surface area contributed by atoms with E-state index in [1.807, 2.05) is 13.8 Å². The Labute approximate surface area is 116 Å². The normalized spacial score (nSPS) is 12.7. The van der Waals surface area contributed by atoms with Crippen LogP contribution >= 0.6 is 0 Å². The number of anilines is 2. The average molecular weight is 286 g/mol. The van der Waals surface area contributed by atoms with Crippen molar-refractivity contribution in [1.82, 2.24) is 9.13 Å². The molecule has 8 nitrogen and oxygen atoms in total. The Morgan fingerprint density at radius 3 is 2.45 bits per heavy atom. The van der Waals surface area contributed by atoms with Crippen LogP contribution in [0.25, 0.3) is 0 Å². The Bertz CT molecular complexity index is 576. The summed E-state index contributed by atoms with van der Waals surface area (Å²) in [4.78, 5) is 24.0. The van der Waals surface area contributed by atoms with Gasteiger partial charge in [-0.15, -0.1) is 0 Å². The first-order chi connectivity index (χ1) is 9.29. The fourth-order valence-electron chi connectivity index (χ4n) is 1.78. The molecule has 0 aliphatic heterocycles. The predicted molar refractivity (Wildman–Crippen MR) is 76.8 cm³/mol. The number of nitrogen functional groups attached to an aromatic ring is 1. The molecule has 1 aromatic heterocycles. The molecular formula is C12H22N4O4. The van der Waals surface area contributed by atoms with Crippen LogP contribution in [0.1, 0.15) is 13.8 Å². The molecule has 0 saturated heterocycles. The van der Waals surface area contributed by atoms with E-state index in [0.717, 1.165) is 4.57 Å². The first-order valence-corrected chi connectivity index (χ1v) is 6.41. The van der Waals surface area contributed by atoms with E-state index in [-0.39, 0.29) is 24.0 Å². The van der Waals surface area contributed by atoms with Gasteiger partial charge in [-0.1, -0.05) is 13.8 Å². The standard InChI is InChI=1S/C12H22N4O4/c1-7(2)5-16-10(13)9(14-4-8(18)6-17)11(19)15(3)12(16)20/h7-8,14,17-18H,4-6,13H2,1-3H3. The minimum atomic E-state index is -1.01. The minimum Gasteiger partial charge on any atom is -0.394 e. The first kappa shape index (κ1) is 16.3. The SMILES string of the molecule is CC(C)Cn1c(N)c(NCC(O)CO)c(=O)n(C)c1=O. The molecule has 20 heavy (non-hydrogen) atoms. The second-order valence-corrected chi connectivity index (χ2v) is 5.13. The molecule has 1 aromatic rings. The zero-order valence-corrected chi connectivity index (χ0v) is 12.0. The second-order valence-electron chi connectivity index (χ2n) is 5.13. The zero-order chi connectivity index (χ0) is 15.4. The molecule has 0 spiro atoms. The third-order valence-electron chi connectivity index (χ3n) is 2.86.